The lowest BCUT2D eigenvalue weighted by Gasteiger charge is -2.31. The van der Waals surface area contributed by atoms with Crippen molar-refractivity contribution < 1.29 is 14.4 Å². The number of imide groups is 1. The number of anilines is 1. The monoisotopic (exact) mass is 471 g/mol. The number of nitrogens with one attached hydrogen (secondary N) is 4. The highest BCUT2D eigenvalue weighted by Gasteiger charge is 2.45. The Balaban J connectivity index is 1.28. The van der Waals surface area contributed by atoms with Crippen LogP contribution in [-0.2, 0) is 16.0 Å². The van der Waals surface area contributed by atoms with E-state index in [1.807, 2.05) is 30.5 Å². The number of nitrogens with zero attached hydrogens (tertiary/aromatic N) is 1. The number of amides is 3. The van der Waals surface area contributed by atoms with Crippen LogP contribution in [0.15, 0.2) is 42.1 Å². The Morgan fingerprint density at radius 2 is 2.03 bits per heavy atom. The number of hydrogen-bond acceptors (Lipinski definition) is 6. The zero-order valence-electron chi connectivity index (χ0n) is 19.5. The van der Waals surface area contributed by atoms with Gasteiger partial charge in [-0.3, -0.25) is 24.6 Å². The second-order valence-corrected chi connectivity index (χ2v) is 10.2. The summed E-state index contributed by atoms with van der Waals surface area (Å²) >= 11 is 0. The molecule has 3 amide bonds. The molecule has 0 aromatic heterocycles. The predicted molar refractivity (Wildman–Crippen MR) is 134 cm³/mol. The summed E-state index contributed by atoms with van der Waals surface area (Å²) in [6.45, 7) is 1.03. The molecule has 1 unspecified atom stereocenters. The van der Waals surface area contributed by atoms with E-state index in [4.69, 9.17) is 5.41 Å². The molecule has 1 spiro atoms. The minimum Gasteiger partial charge on any atom is -0.388 e. The molecule has 2 aromatic rings. The first-order valence-electron chi connectivity index (χ1n) is 12.4. The third-order valence-corrected chi connectivity index (χ3v) is 7.91. The maximum absolute atomic E-state index is 13.3. The summed E-state index contributed by atoms with van der Waals surface area (Å²) < 4.78 is 0. The summed E-state index contributed by atoms with van der Waals surface area (Å²) in [4.78, 5) is 39.0. The van der Waals surface area contributed by atoms with Crippen LogP contribution in [-0.4, -0.2) is 48.1 Å². The molecule has 4 aliphatic rings. The van der Waals surface area contributed by atoms with Crippen molar-refractivity contribution in [1.82, 2.24) is 16.0 Å². The van der Waals surface area contributed by atoms with E-state index < -0.39 is 11.9 Å². The van der Waals surface area contributed by atoms with Crippen molar-refractivity contribution in [2.45, 2.75) is 62.6 Å². The molecule has 35 heavy (non-hydrogen) atoms. The van der Waals surface area contributed by atoms with E-state index in [1.54, 1.807) is 11.0 Å². The standard InChI is InChI=1S/C27H29N5O3/c28-14-16(15-29-18-8-11-30-27(13-18)9-10-27)12-17-4-5-21-24-19(17)2-1-3-20(24)26(35)32(21)22-6-7-23(33)31-25(22)34/h1-5,14-15,18,22,28-30H,6-13H2,(H,31,33,34)/b16-15-,28-14?/t18-,22?/m0/s1. The quantitative estimate of drug-likeness (QED) is 0.382. The van der Waals surface area contributed by atoms with Crippen LogP contribution < -0.4 is 20.9 Å². The fraction of sp³-hybridized carbons (Fsp3) is 0.407. The first-order chi connectivity index (χ1) is 17.0. The van der Waals surface area contributed by atoms with Crippen molar-refractivity contribution in [3.63, 3.8) is 0 Å². The van der Waals surface area contributed by atoms with E-state index in [0.717, 1.165) is 41.3 Å². The summed E-state index contributed by atoms with van der Waals surface area (Å²) in [7, 11) is 0. The molecule has 2 atom stereocenters. The molecule has 2 aromatic carbocycles. The van der Waals surface area contributed by atoms with Crippen molar-refractivity contribution in [3.05, 3.63) is 53.2 Å². The van der Waals surface area contributed by atoms with Gasteiger partial charge in [0.15, 0.2) is 0 Å². The van der Waals surface area contributed by atoms with Crippen LogP contribution >= 0.6 is 0 Å². The summed E-state index contributed by atoms with van der Waals surface area (Å²) in [5.74, 6) is -0.931. The number of piperidine rings is 2. The van der Waals surface area contributed by atoms with E-state index in [9.17, 15) is 14.4 Å². The van der Waals surface area contributed by atoms with E-state index in [2.05, 4.69) is 16.0 Å². The Morgan fingerprint density at radius 1 is 1.17 bits per heavy atom. The molecule has 3 fully saturated rings. The first kappa shape index (κ1) is 22.0. The van der Waals surface area contributed by atoms with Gasteiger partial charge in [0.2, 0.25) is 11.8 Å². The van der Waals surface area contributed by atoms with Crippen molar-refractivity contribution in [2.75, 3.05) is 11.4 Å². The molecule has 0 radical (unpaired) electrons. The number of rotatable bonds is 6. The van der Waals surface area contributed by atoms with Gasteiger partial charge >= 0.3 is 0 Å². The Morgan fingerprint density at radius 3 is 2.80 bits per heavy atom. The number of allylic oxidation sites excluding steroid dienone is 1. The van der Waals surface area contributed by atoms with Gasteiger partial charge in [-0.05, 0) is 67.3 Å². The molecule has 180 valence electrons. The van der Waals surface area contributed by atoms with Gasteiger partial charge in [0, 0.05) is 47.8 Å². The smallest absolute Gasteiger partial charge is 0.259 e. The Bertz CT molecular complexity index is 1300. The van der Waals surface area contributed by atoms with Gasteiger partial charge in [0.05, 0.1) is 5.69 Å². The lowest BCUT2D eigenvalue weighted by atomic mass is 9.95. The largest absolute Gasteiger partial charge is 0.388 e. The van der Waals surface area contributed by atoms with Crippen LogP contribution in [0.2, 0.25) is 0 Å². The molecular weight excluding hydrogens is 442 g/mol. The summed E-state index contributed by atoms with van der Waals surface area (Å²) in [6, 6.07) is 9.27. The molecule has 3 aliphatic heterocycles. The lowest BCUT2D eigenvalue weighted by molar-refractivity contribution is -0.134. The average Bonchev–Trinajstić information content (AvgIpc) is 3.54. The first-order valence-corrected chi connectivity index (χ1v) is 12.4. The Kier molecular flexibility index (Phi) is 5.21. The molecular formula is C27H29N5O3. The molecule has 3 heterocycles. The fourth-order valence-corrected chi connectivity index (χ4v) is 5.88. The highest BCUT2D eigenvalue weighted by molar-refractivity contribution is 6.27. The molecule has 6 rings (SSSR count). The van der Waals surface area contributed by atoms with E-state index in [0.29, 0.717) is 35.7 Å². The molecule has 4 N–H and O–H groups in total. The molecule has 8 heteroatoms. The Hall–Kier alpha value is -3.52. The Labute approximate surface area is 203 Å². The number of hydrogen-bond donors (Lipinski definition) is 4. The zero-order valence-corrected chi connectivity index (χ0v) is 19.5. The van der Waals surface area contributed by atoms with Crippen LogP contribution in [0.4, 0.5) is 5.69 Å². The van der Waals surface area contributed by atoms with E-state index >= 15 is 0 Å². The van der Waals surface area contributed by atoms with Gasteiger partial charge in [-0.2, -0.15) is 0 Å². The number of carbonyl (C=O) groups excluding carboxylic acids is 3. The molecule has 1 aliphatic carbocycles. The highest BCUT2D eigenvalue weighted by atomic mass is 16.2. The summed E-state index contributed by atoms with van der Waals surface area (Å²) in [5.41, 5.74) is 3.53. The van der Waals surface area contributed by atoms with Gasteiger partial charge in [0.25, 0.3) is 5.91 Å². The molecule has 1 saturated carbocycles. The average molecular weight is 472 g/mol. The van der Waals surface area contributed by atoms with Gasteiger partial charge in [0.1, 0.15) is 6.04 Å². The summed E-state index contributed by atoms with van der Waals surface area (Å²) in [5, 5.41) is 19.3. The molecule has 0 bridgehead atoms. The maximum Gasteiger partial charge on any atom is 0.259 e. The van der Waals surface area contributed by atoms with Gasteiger partial charge in [-0.1, -0.05) is 18.2 Å². The van der Waals surface area contributed by atoms with Crippen LogP contribution in [0.3, 0.4) is 0 Å². The van der Waals surface area contributed by atoms with Crippen molar-refractivity contribution >= 4 is 40.4 Å². The van der Waals surface area contributed by atoms with Crippen molar-refractivity contribution in [1.29, 1.82) is 5.41 Å². The SMILES string of the molecule is N=C/C(=C\N[C@H]1CCNC2(CC2)C1)Cc1ccc2c3c(cccc13)C(=O)N2C1CCC(=O)NC1=O. The predicted octanol–water partition coefficient (Wildman–Crippen LogP) is 2.56. The summed E-state index contributed by atoms with van der Waals surface area (Å²) in [6.07, 6.45) is 9.17. The van der Waals surface area contributed by atoms with Gasteiger partial charge in [-0.15, -0.1) is 0 Å². The van der Waals surface area contributed by atoms with Crippen LogP contribution in [0.25, 0.3) is 10.8 Å². The third-order valence-electron chi connectivity index (χ3n) is 7.91. The number of benzene rings is 2. The molecule has 2 saturated heterocycles. The van der Waals surface area contributed by atoms with E-state index in [1.165, 1.54) is 19.1 Å². The molecule has 8 nitrogen and oxygen atoms in total. The minimum atomic E-state index is -0.692. The lowest BCUT2D eigenvalue weighted by Crippen LogP contribution is -2.53. The van der Waals surface area contributed by atoms with Gasteiger partial charge < -0.3 is 16.0 Å². The topological polar surface area (TPSA) is 114 Å². The van der Waals surface area contributed by atoms with Crippen molar-refractivity contribution in [3.8, 4) is 0 Å². The van der Waals surface area contributed by atoms with Crippen LogP contribution in [0, 0.1) is 5.41 Å². The third kappa shape index (κ3) is 3.82. The number of carbonyl (C=O) groups is 3. The van der Waals surface area contributed by atoms with E-state index in [-0.39, 0.29) is 18.2 Å². The fourth-order valence-electron chi connectivity index (χ4n) is 5.88. The highest BCUT2D eigenvalue weighted by Crippen LogP contribution is 2.42. The minimum absolute atomic E-state index is 0.207. The second kappa shape index (κ2) is 8.30. The normalized spacial score (nSPS) is 25.2. The second-order valence-electron chi connectivity index (χ2n) is 10.2. The van der Waals surface area contributed by atoms with Crippen LogP contribution in [0.1, 0.15) is 54.4 Å². The zero-order chi connectivity index (χ0) is 24.2. The van der Waals surface area contributed by atoms with Crippen LogP contribution in [0.5, 0.6) is 0 Å². The maximum atomic E-state index is 13.3. The van der Waals surface area contributed by atoms with Crippen molar-refractivity contribution in [2.24, 2.45) is 0 Å². The van der Waals surface area contributed by atoms with Gasteiger partial charge in [-0.25, -0.2) is 0 Å².